The summed E-state index contributed by atoms with van der Waals surface area (Å²) in [6.07, 6.45) is 2.81. The number of benzene rings is 1. The van der Waals surface area contributed by atoms with E-state index in [-0.39, 0.29) is 5.75 Å². The molecule has 1 rings (SSSR count). The van der Waals surface area contributed by atoms with E-state index in [0.29, 0.717) is 12.3 Å². The van der Waals surface area contributed by atoms with Crippen molar-refractivity contribution in [2.75, 3.05) is 23.4 Å². The molecule has 5 heteroatoms. The van der Waals surface area contributed by atoms with E-state index in [1.54, 1.807) is 0 Å². The van der Waals surface area contributed by atoms with E-state index in [4.69, 9.17) is 0 Å². The molecule has 0 atom stereocenters. The van der Waals surface area contributed by atoms with Crippen molar-refractivity contribution in [1.82, 2.24) is 0 Å². The maximum absolute atomic E-state index is 11.7. The van der Waals surface area contributed by atoms with Crippen molar-refractivity contribution in [3.05, 3.63) is 28.7 Å². The minimum absolute atomic E-state index is 0.198. The van der Waals surface area contributed by atoms with Crippen LogP contribution < -0.4 is 5.32 Å². The molecule has 0 radical (unpaired) electrons. The number of anilines is 1. The summed E-state index contributed by atoms with van der Waals surface area (Å²) in [5.74, 6) is 0.504. The molecular weight excluding hydrogens is 314 g/mol. The smallest absolute Gasteiger partial charge is 0.152 e. The zero-order valence-corrected chi connectivity index (χ0v) is 13.1. The van der Waals surface area contributed by atoms with Gasteiger partial charge in [-0.25, -0.2) is 8.42 Å². The maximum Gasteiger partial charge on any atom is 0.152 e. The molecule has 1 aromatic rings. The third-order valence-electron chi connectivity index (χ3n) is 2.63. The third kappa shape index (κ3) is 6.40. The van der Waals surface area contributed by atoms with E-state index in [2.05, 4.69) is 28.2 Å². The molecule has 0 bridgehead atoms. The molecule has 0 amide bonds. The fourth-order valence-electron chi connectivity index (χ4n) is 1.62. The molecule has 1 N–H and O–H groups in total. The van der Waals surface area contributed by atoms with Crippen molar-refractivity contribution in [3.8, 4) is 0 Å². The summed E-state index contributed by atoms with van der Waals surface area (Å²) in [6.45, 7) is 2.53. The molecule has 0 aliphatic rings. The van der Waals surface area contributed by atoms with Gasteiger partial charge < -0.3 is 5.32 Å². The van der Waals surface area contributed by atoms with E-state index < -0.39 is 9.84 Å². The first kappa shape index (κ1) is 15.5. The molecule has 0 saturated heterocycles. The van der Waals surface area contributed by atoms with Crippen LogP contribution in [0.4, 0.5) is 5.69 Å². The van der Waals surface area contributed by atoms with Gasteiger partial charge in [0.2, 0.25) is 0 Å². The Kier molecular flexibility index (Phi) is 6.71. The fourth-order valence-corrected chi connectivity index (χ4v) is 3.28. The third-order valence-corrected chi connectivity index (χ3v) is 4.86. The van der Waals surface area contributed by atoms with Crippen LogP contribution in [-0.2, 0) is 9.84 Å². The van der Waals surface area contributed by atoms with Crippen LogP contribution >= 0.6 is 15.9 Å². The molecular formula is C13H20BrNO2S. The average Bonchev–Trinajstić information content (AvgIpc) is 2.29. The summed E-state index contributed by atoms with van der Waals surface area (Å²) in [6, 6.07) is 7.72. The van der Waals surface area contributed by atoms with E-state index in [1.165, 1.54) is 0 Å². The Balaban J connectivity index is 2.32. The summed E-state index contributed by atoms with van der Waals surface area (Å²) in [5.41, 5.74) is 0.938. The van der Waals surface area contributed by atoms with Gasteiger partial charge in [0, 0.05) is 16.7 Å². The zero-order valence-electron chi connectivity index (χ0n) is 10.7. The first-order valence-corrected chi connectivity index (χ1v) is 8.85. The van der Waals surface area contributed by atoms with E-state index >= 15 is 0 Å². The van der Waals surface area contributed by atoms with Gasteiger partial charge in [-0.3, -0.25) is 0 Å². The minimum atomic E-state index is -2.91. The summed E-state index contributed by atoms with van der Waals surface area (Å²) >= 11 is 3.38. The monoisotopic (exact) mass is 333 g/mol. The normalized spacial score (nSPS) is 11.4. The number of nitrogens with one attached hydrogen (secondary N) is 1. The Morgan fingerprint density at radius 2 is 2.00 bits per heavy atom. The fraction of sp³-hybridized carbons (Fsp3) is 0.538. The highest BCUT2D eigenvalue weighted by molar-refractivity contribution is 9.10. The second-order valence-electron chi connectivity index (χ2n) is 4.30. The Labute approximate surface area is 118 Å². The van der Waals surface area contributed by atoms with Crippen LogP contribution in [0.15, 0.2) is 28.7 Å². The molecule has 0 aliphatic carbocycles. The van der Waals surface area contributed by atoms with E-state index in [1.807, 2.05) is 24.3 Å². The number of hydrogen-bond donors (Lipinski definition) is 1. The highest BCUT2D eigenvalue weighted by Gasteiger charge is 2.09. The lowest BCUT2D eigenvalue weighted by Crippen LogP contribution is -2.18. The molecule has 0 heterocycles. The molecule has 0 saturated carbocycles. The molecule has 3 nitrogen and oxygen atoms in total. The maximum atomic E-state index is 11.7. The second-order valence-corrected chi connectivity index (χ2v) is 7.52. The Bertz CT molecular complexity index is 460. The lowest BCUT2D eigenvalue weighted by Gasteiger charge is -2.07. The topological polar surface area (TPSA) is 46.2 Å². The van der Waals surface area contributed by atoms with Gasteiger partial charge >= 0.3 is 0 Å². The van der Waals surface area contributed by atoms with Crippen molar-refractivity contribution >= 4 is 31.5 Å². The largest absolute Gasteiger partial charge is 0.384 e. The van der Waals surface area contributed by atoms with Crippen LogP contribution in [-0.4, -0.2) is 26.5 Å². The van der Waals surface area contributed by atoms with Crippen LogP contribution in [0.2, 0.25) is 0 Å². The Morgan fingerprint density at radius 3 is 2.67 bits per heavy atom. The molecule has 0 aliphatic heterocycles. The molecule has 0 aromatic heterocycles. The summed E-state index contributed by atoms with van der Waals surface area (Å²) in [4.78, 5) is 0. The van der Waals surface area contributed by atoms with Crippen molar-refractivity contribution in [3.63, 3.8) is 0 Å². The first-order valence-electron chi connectivity index (χ1n) is 6.23. The minimum Gasteiger partial charge on any atom is -0.384 e. The van der Waals surface area contributed by atoms with Gasteiger partial charge in [-0.05, 0) is 24.6 Å². The average molecular weight is 334 g/mol. The second kappa shape index (κ2) is 7.79. The van der Waals surface area contributed by atoms with Gasteiger partial charge in [-0.2, -0.15) is 0 Å². The summed E-state index contributed by atoms with van der Waals surface area (Å²) in [5, 5.41) is 3.12. The molecule has 1 aromatic carbocycles. The standard InChI is InChI=1S/C13H20BrNO2S/c1-2-3-4-9-18(16,17)10-8-15-13-7-5-6-12(14)11-13/h5-7,11,15H,2-4,8-10H2,1H3. The van der Waals surface area contributed by atoms with E-state index in [9.17, 15) is 8.42 Å². The molecule has 18 heavy (non-hydrogen) atoms. The summed E-state index contributed by atoms with van der Waals surface area (Å²) in [7, 11) is -2.91. The molecule has 0 fully saturated rings. The van der Waals surface area contributed by atoms with Gasteiger partial charge in [0.25, 0.3) is 0 Å². The summed E-state index contributed by atoms with van der Waals surface area (Å²) < 4.78 is 24.4. The van der Waals surface area contributed by atoms with Gasteiger partial charge in [0.1, 0.15) is 0 Å². The molecule has 0 unspecified atom stereocenters. The Hall–Kier alpha value is -0.550. The van der Waals surface area contributed by atoms with Crippen molar-refractivity contribution in [2.45, 2.75) is 26.2 Å². The van der Waals surface area contributed by atoms with Gasteiger partial charge in [0.15, 0.2) is 9.84 Å². The SMILES string of the molecule is CCCCCS(=O)(=O)CCNc1cccc(Br)c1. The highest BCUT2D eigenvalue weighted by atomic mass is 79.9. The molecule has 102 valence electrons. The highest BCUT2D eigenvalue weighted by Crippen LogP contribution is 2.15. The van der Waals surface area contributed by atoms with Crippen LogP contribution in [0, 0.1) is 0 Å². The quantitative estimate of drug-likeness (QED) is 0.741. The van der Waals surface area contributed by atoms with Crippen molar-refractivity contribution < 1.29 is 8.42 Å². The molecule has 0 spiro atoms. The van der Waals surface area contributed by atoms with Crippen molar-refractivity contribution in [1.29, 1.82) is 0 Å². The predicted molar refractivity (Wildman–Crippen MR) is 80.8 cm³/mol. The lowest BCUT2D eigenvalue weighted by atomic mass is 10.3. The number of sulfone groups is 1. The zero-order chi connectivity index (χ0) is 13.4. The number of hydrogen-bond acceptors (Lipinski definition) is 3. The van der Waals surface area contributed by atoms with Gasteiger partial charge in [0.05, 0.1) is 11.5 Å². The Morgan fingerprint density at radius 1 is 1.22 bits per heavy atom. The van der Waals surface area contributed by atoms with Crippen LogP contribution in [0.1, 0.15) is 26.2 Å². The predicted octanol–water partition coefficient (Wildman–Crippen LogP) is 3.47. The van der Waals surface area contributed by atoms with Gasteiger partial charge in [-0.1, -0.05) is 41.8 Å². The van der Waals surface area contributed by atoms with E-state index in [0.717, 1.165) is 29.4 Å². The van der Waals surface area contributed by atoms with Crippen LogP contribution in [0.25, 0.3) is 0 Å². The van der Waals surface area contributed by atoms with Crippen molar-refractivity contribution in [2.24, 2.45) is 0 Å². The van der Waals surface area contributed by atoms with Crippen LogP contribution in [0.3, 0.4) is 0 Å². The number of rotatable bonds is 8. The lowest BCUT2D eigenvalue weighted by molar-refractivity contribution is 0.591. The van der Waals surface area contributed by atoms with Crippen LogP contribution in [0.5, 0.6) is 0 Å². The first-order chi connectivity index (χ1) is 8.53. The number of halogens is 1. The number of unbranched alkanes of at least 4 members (excludes halogenated alkanes) is 2. The van der Waals surface area contributed by atoms with Gasteiger partial charge in [-0.15, -0.1) is 0 Å².